The smallest absolute Gasteiger partial charge is 0.433 e. The van der Waals surface area contributed by atoms with Crippen LogP contribution in [0.1, 0.15) is 11.3 Å². The molecular formula is C19H16F3N3O. The SMILES string of the molecule is COc1ccc(C)c(Nc2cc(C(F)(F)F)nc(-c3ccccc3)n2)c1. The molecule has 0 bridgehead atoms. The fourth-order valence-electron chi connectivity index (χ4n) is 2.37. The quantitative estimate of drug-likeness (QED) is 0.693. The van der Waals surface area contributed by atoms with E-state index in [1.165, 1.54) is 7.11 Å². The van der Waals surface area contributed by atoms with E-state index in [1.807, 2.05) is 13.0 Å². The fourth-order valence-corrected chi connectivity index (χ4v) is 2.37. The third-order valence-electron chi connectivity index (χ3n) is 3.76. The molecule has 26 heavy (non-hydrogen) atoms. The lowest BCUT2D eigenvalue weighted by Crippen LogP contribution is -2.11. The molecule has 0 atom stereocenters. The molecule has 0 saturated heterocycles. The van der Waals surface area contributed by atoms with Crippen molar-refractivity contribution in [3.05, 3.63) is 65.9 Å². The molecule has 0 aliphatic heterocycles. The maximum Gasteiger partial charge on any atom is 0.433 e. The van der Waals surface area contributed by atoms with Gasteiger partial charge in [0.15, 0.2) is 11.5 Å². The number of methoxy groups -OCH3 is 1. The molecule has 1 heterocycles. The minimum atomic E-state index is -4.58. The van der Waals surface area contributed by atoms with Crippen molar-refractivity contribution in [1.82, 2.24) is 9.97 Å². The molecule has 3 rings (SSSR count). The summed E-state index contributed by atoms with van der Waals surface area (Å²) in [6.45, 7) is 1.84. The van der Waals surface area contributed by atoms with E-state index < -0.39 is 11.9 Å². The topological polar surface area (TPSA) is 47.0 Å². The largest absolute Gasteiger partial charge is 0.497 e. The summed E-state index contributed by atoms with van der Waals surface area (Å²) in [4.78, 5) is 7.92. The predicted molar refractivity (Wildman–Crippen MR) is 93.5 cm³/mol. The van der Waals surface area contributed by atoms with Gasteiger partial charge in [-0.25, -0.2) is 9.97 Å². The molecule has 0 amide bonds. The Hall–Kier alpha value is -3.09. The molecule has 0 fully saturated rings. The molecule has 1 N–H and O–H groups in total. The van der Waals surface area contributed by atoms with Crippen LogP contribution < -0.4 is 10.1 Å². The molecule has 7 heteroatoms. The maximum atomic E-state index is 13.3. The van der Waals surface area contributed by atoms with Gasteiger partial charge in [0.2, 0.25) is 0 Å². The zero-order chi connectivity index (χ0) is 18.7. The molecule has 0 radical (unpaired) electrons. The van der Waals surface area contributed by atoms with Crippen molar-refractivity contribution in [3.8, 4) is 17.1 Å². The van der Waals surface area contributed by atoms with Crippen molar-refractivity contribution >= 4 is 11.5 Å². The number of nitrogens with zero attached hydrogens (tertiary/aromatic N) is 2. The van der Waals surface area contributed by atoms with Crippen molar-refractivity contribution in [1.29, 1.82) is 0 Å². The lowest BCUT2D eigenvalue weighted by Gasteiger charge is -2.14. The van der Waals surface area contributed by atoms with E-state index in [0.717, 1.165) is 11.6 Å². The molecule has 0 saturated carbocycles. The van der Waals surface area contributed by atoms with Gasteiger partial charge in [0.25, 0.3) is 0 Å². The Bertz CT molecular complexity index is 912. The van der Waals surface area contributed by atoms with Gasteiger partial charge in [-0.15, -0.1) is 0 Å². The first kappa shape index (κ1) is 17.7. The molecule has 0 aliphatic carbocycles. The monoisotopic (exact) mass is 359 g/mol. The third kappa shape index (κ3) is 3.93. The van der Waals surface area contributed by atoms with Gasteiger partial charge < -0.3 is 10.1 Å². The van der Waals surface area contributed by atoms with Crippen LogP contribution in [0.15, 0.2) is 54.6 Å². The summed E-state index contributed by atoms with van der Waals surface area (Å²) in [5, 5.41) is 2.94. The van der Waals surface area contributed by atoms with Gasteiger partial charge in [0, 0.05) is 23.4 Å². The fraction of sp³-hybridized carbons (Fsp3) is 0.158. The van der Waals surface area contributed by atoms with Crippen LogP contribution >= 0.6 is 0 Å². The molecule has 0 spiro atoms. The molecule has 0 unspecified atom stereocenters. The van der Waals surface area contributed by atoms with E-state index in [1.54, 1.807) is 42.5 Å². The first-order chi connectivity index (χ1) is 12.4. The van der Waals surface area contributed by atoms with E-state index in [-0.39, 0.29) is 11.6 Å². The third-order valence-corrected chi connectivity index (χ3v) is 3.76. The molecule has 134 valence electrons. The number of hydrogen-bond acceptors (Lipinski definition) is 4. The average Bonchev–Trinajstić information content (AvgIpc) is 2.63. The Morgan fingerprint density at radius 2 is 1.69 bits per heavy atom. The number of nitrogens with one attached hydrogen (secondary N) is 1. The van der Waals surface area contributed by atoms with Crippen LogP contribution in [0.2, 0.25) is 0 Å². The summed E-state index contributed by atoms with van der Waals surface area (Å²) < 4.78 is 45.0. The highest BCUT2D eigenvalue weighted by molar-refractivity contribution is 5.65. The van der Waals surface area contributed by atoms with Crippen LogP contribution in [-0.4, -0.2) is 17.1 Å². The van der Waals surface area contributed by atoms with Gasteiger partial charge in [-0.2, -0.15) is 13.2 Å². The summed E-state index contributed by atoms with van der Waals surface area (Å²) in [5.41, 5.74) is 0.952. The zero-order valence-electron chi connectivity index (χ0n) is 14.1. The zero-order valence-corrected chi connectivity index (χ0v) is 14.1. The number of benzene rings is 2. The van der Waals surface area contributed by atoms with E-state index in [0.29, 0.717) is 17.0 Å². The molecular weight excluding hydrogens is 343 g/mol. The number of alkyl halides is 3. The molecule has 2 aromatic carbocycles. The Kier molecular flexibility index (Phi) is 4.79. The number of anilines is 2. The van der Waals surface area contributed by atoms with Gasteiger partial charge in [-0.3, -0.25) is 0 Å². The highest BCUT2D eigenvalue weighted by atomic mass is 19.4. The molecule has 1 aromatic heterocycles. The second-order valence-corrected chi connectivity index (χ2v) is 5.63. The Labute approximate surface area is 148 Å². The van der Waals surface area contributed by atoms with Gasteiger partial charge in [0.05, 0.1) is 7.11 Å². The lowest BCUT2D eigenvalue weighted by molar-refractivity contribution is -0.141. The van der Waals surface area contributed by atoms with E-state index >= 15 is 0 Å². The number of rotatable bonds is 4. The van der Waals surface area contributed by atoms with Crippen molar-refractivity contribution < 1.29 is 17.9 Å². The number of aryl methyl sites for hydroxylation is 1. The van der Waals surface area contributed by atoms with Gasteiger partial charge >= 0.3 is 6.18 Å². The Balaban J connectivity index is 2.07. The molecule has 4 nitrogen and oxygen atoms in total. The first-order valence-electron chi connectivity index (χ1n) is 7.80. The van der Waals surface area contributed by atoms with E-state index in [4.69, 9.17) is 4.74 Å². The van der Waals surface area contributed by atoms with Crippen LogP contribution in [-0.2, 0) is 6.18 Å². The Morgan fingerprint density at radius 3 is 2.35 bits per heavy atom. The van der Waals surface area contributed by atoms with Crippen LogP contribution in [0.25, 0.3) is 11.4 Å². The number of hydrogen-bond donors (Lipinski definition) is 1. The first-order valence-corrected chi connectivity index (χ1v) is 7.80. The number of ether oxygens (including phenoxy) is 1. The summed E-state index contributed by atoms with van der Waals surface area (Å²) in [7, 11) is 1.52. The lowest BCUT2D eigenvalue weighted by atomic mass is 10.2. The highest BCUT2D eigenvalue weighted by Gasteiger charge is 2.34. The highest BCUT2D eigenvalue weighted by Crippen LogP contribution is 2.32. The number of halogens is 3. The van der Waals surface area contributed by atoms with Crippen LogP contribution in [0.5, 0.6) is 5.75 Å². The number of aromatic nitrogens is 2. The normalized spacial score (nSPS) is 11.3. The predicted octanol–water partition coefficient (Wildman–Crippen LogP) is 5.22. The molecule has 0 aliphatic rings. The van der Waals surface area contributed by atoms with Gasteiger partial charge in [-0.05, 0) is 18.6 Å². The van der Waals surface area contributed by atoms with Crippen molar-refractivity contribution in [2.45, 2.75) is 13.1 Å². The van der Waals surface area contributed by atoms with Crippen LogP contribution in [0, 0.1) is 6.92 Å². The summed E-state index contributed by atoms with van der Waals surface area (Å²) >= 11 is 0. The van der Waals surface area contributed by atoms with Crippen molar-refractivity contribution in [3.63, 3.8) is 0 Å². The minimum Gasteiger partial charge on any atom is -0.497 e. The molecule has 3 aromatic rings. The maximum absolute atomic E-state index is 13.3. The van der Waals surface area contributed by atoms with E-state index in [2.05, 4.69) is 15.3 Å². The summed E-state index contributed by atoms with van der Waals surface area (Å²) in [6, 6.07) is 14.7. The van der Waals surface area contributed by atoms with E-state index in [9.17, 15) is 13.2 Å². The summed E-state index contributed by atoms with van der Waals surface area (Å²) in [6.07, 6.45) is -4.58. The van der Waals surface area contributed by atoms with Crippen molar-refractivity contribution in [2.75, 3.05) is 12.4 Å². The second-order valence-electron chi connectivity index (χ2n) is 5.63. The minimum absolute atomic E-state index is 0.00322. The Morgan fingerprint density at radius 1 is 0.962 bits per heavy atom. The van der Waals surface area contributed by atoms with Crippen LogP contribution in [0.3, 0.4) is 0 Å². The average molecular weight is 359 g/mol. The second kappa shape index (κ2) is 7.03. The summed E-state index contributed by atoms with van der Waals surface area (Å²) in [5.74, 6) is 0.650. The van der Waals surface area contributed by atoms with Gasteiger partial charge in [0.1, 0.15) is 11.6 Å². The standard InChI is InChI=1S/C19H16F3N3O/c1-12-8-9-14(26-2)10-15(12)23-17-11-16(19(20,21)22)24-18(25-17)13-6-4-3-5-7-13/h3-11H,1-2H3,(H,23,24,25). The van der Waals surface area contributed by atoms with Crippen LogP contribution in [0.4, 0.5) is 24.7 Å². The van der Waals surface area contributed by atoms with Crippen molar-refractivity contribution in [2.24, 2.45) is 0 Å². The van der Waals surface area contributed by atoms with Gasteiger partial charge in [-0.1, -0.05) is 36.4 Å².